The number of carboxylic acid groups (broad SMARTS) is 1. The predicted octanol–water partition coefficient (Wildman–Crippen LogP) is -0.581. The van der Waals surface area contributed by atoms with Crippen LogP contribution >= 0.6 is 0 Å². The molecule has 0 aliphatic heterocycles. The number of rotatable bonds is 2. The van der Waals surface area contributed by atoms with Crippen molar-refractivity contribution in [2.24, 2.45) is 0 Å². The molecule has 0 aliphatic carbocycles. The Kier molecular flexibility index (Phi) is 8.00. The molecule has 0 amide bonds. The summed E-state index contributed by atoms with van der Waals surface area (Å²) in [6.45, 7) is 1.84. The molecule has 44 valence electrons. The van der Waals surface area contributed by atoms with Gasteiger partial charge in [0, 0.05) is 6.42 Å². The Morgan fingerprint density at radius 1 is 1.71 bits per heavy atom. The van der Waals surface area contributed by atoms with Crippen LogP contribution in [0.1, 0.15) is 19.8 Å². The van der Waals surface area contributed by atoms with Gasteiger partial charge in [-0.15, -0.1) is 0 Å². The maximum Gasteiger partial charge on any atom is 0.303 e. The van der Waals surface area contributed by atoms with Gasteiger partial charge in [-0.1, -0.05) is 6.92 Å². The summed E-state index contributed by atoms with van der Waals surface area (Å²) >= 11 is 0. The average molecular weight is 120 g/mol. The Balaban J connectivity index is 0. The highest BCUT2D eigenvalue weighted by atomic mass is 28.1. The van der Waals surface area contributed by atoms with Crippen molar-refractivity contribution in [2.45, 2.75) is 19.8 Å². The topological polar surface area (TPSA) is 37.3 Å². The van der Waals surface area contributed by atoms with Crippen LogP contribution in [0.5, 0.6) is 0 Å². The molecular formula is C4H12O2Si. The van der Waals surface area contributed by atoms with Crippen LogP contribution in [0.25, 0.3) is 0 Å². The lowest BCUT2D eigenvalue weighted by atomic mass is 10.4. The second-order valence-electron chi connectivity index (χ2n) is 1.14. The third kappa shape index (κ3) is 10.7. The van der Waals surface area contributed by atoms with E-state index in [0.717, 1.165) is 6.42 Å². The molecule has 0 radical (unpaired) electrons. The van der Waals surface area contributed by atoms with Gasteiger partial charge in [0.25, 0.3) is 0 Å². The maximum atomic E-state index is 9.60. The van der Waals surface area contributed by atoms with Crippen molar-refractivity contribution in [3.8, 4) is 0 Å². The Hall–Kier alpha value is -0.313. The highest BCUT2D eigenvalue weighted by Crippen LogP contribution is 1.82. The predicted molar refractivity (Wildman–Crippen MR) is 33.9 cm³/mol. The van der Waals surface area contributed by atoms with E-state index in [2.05, 4.69) is 0 Å². The van der Waals surface area contributed by atoms with Crippen molar-refractivity contribution in [1.82, 2.24) is 0 Å². The van der Waals surface area contributed by atoms with E-state index in [1.165, 1.54) is 0 Å². The monoisotopic (exact) mass is 120 g/mol. The molecule has 0 aromatic carbocycles. The molecule has 0 heterocycles. The van der Waals surface area contributed by atoms with E-state index in [0.29, 0.717) is 6.42 Å². The first-order valence-corrected chi connectivity index (χ1v) is 1.99. The molecular weight excluding hydrogens is 108 g/mol. The van der Waals surface area contributed by atoms with Gasteiger partial charge < -0.3 is 5.11 Å². The minimum atomic E-state index is -0.711. The van der Waals surface area contributed by atoms with Crippen LogP contribution in [-0.4, -0.2) is 22.0 Å². The zero-order valence-corrected chi connectivity index (χ0v) is 3.77. The van der Waals surface area contributed by atoms with Crippen molar-refractivity contribution in [3.05, 3.63) is 0 Å². The highest BCUT2D eigenvalue weighted by Gasteiger charge is 1.87. The summed E-state index contributed by atoms with van der Waals surface area (Å²) in [4.78, 5) is 9.60. The Morgan fingerprint density at radius 3 is 2.14 bits per heavy atom. The van der Waals surface area contributed by atoms with Crippen LogP contribution in [0.3, 0.4) is 0 Å². The molecule has 0 saturated carbocycles. The van der Waals surface area contributed by atoms with E-state index in [1.54, 1.807) is 0 Å². The molecule has 0 aliphatic rings. The number of carbonyl (C=O) groups is 1. The van der Waals surface area contributed by atoms with Crippen molar-refractivity contribution in [1.29, 1.82) is 0 Å². The smallest absolute Gasteiger partial charge is 0.303 e. The van der Waals surface area contributed by atoms with E-state index in [4.69, 9.17) is 5.11 Å². The quantitative estimate of drug-likeness (QED) is 0.495. The van der Waals surface area contributed by atoms with E-state index in [9.17, 15) is 4.79 Å². The molecule has 0 atom stereocenters. The maximum absolute atomic E-state index is 9.60. The van der Waals surface area contributed by atoms with E-state index in [1.807, 2.05) is 6.92 Å². The van der Waals surface area contributed by atoms with E-state index >= 15 is 0 Å². The lowest BCUT2D eigenvalue weighted by Crippen LogP contribution is -1.90. The van der Waals surface area contributed by atoms with Gasteiger partial charge in [-0.2, -0.15) is 0 Å². The van der Waals surface area contributed by atoms with Gasteiger partial charge in [-0.25, -0.2) is 0 Å². The van der Waals surface area contributed by atoms with Crippen LogP contribution in [0.15, 0.2) is 0 Å². The first-order chi connectivity index (χ1) is 2.77. The fraction of sp³-hybridized carbons (Fsp3) is 0.750. The number of carboxylic acids is 1. The molecule has 0 rings (SSSR count). The second kappa shape index (κ2) is 5.69. The number of hydrogen-bond donors (Lipinski definition) is 1. The Labute approximate surface area is 47.6 Å². The molecule has 0 unspecified atom stereocenters. The third-order valence-electron chi connectivity index (χ3n) is 0.464. The minimum absolute atomic E-state index is 0. The first kappa shape index (κ1) is 9.84. The van der Waals surface area contributed by atoms with Gasteiger partial charge >= 0.3 is 5.97 Å². The molecule has 1 N–H and O–H groups in total. The van der Waals surface area contributed by atoms with Crippen molar-refractivity contribution < 1.29 is 9.90 Å². The summed E-state index contributed by atoms with van der Waals surface area (Å²) in [5.74, 6) is -0.711. The van der Waals surface area contributed by atoms with Gasteiger partial charge in [0.05, 0.1) is 0 Å². The summed E-state index contributed by atoms with van der Waals surface area (Å²) in [5.41, 5.74) is 0. The minimum Gasteiger partial charge on any atom is -0.481 e. The van der Waals surface area contributed by atoms with Gasteiger partial charge in [0.1, 0.15) is 0 Å². The first-order valence-electron chi connectivity index (χ1n) is 1.99. The molecule has 0 spiro atoms. The Morgan fingerprint density at radius 2 is 2.14 bits per heavy atom. The lowest BCUT2D eigenvalue weighted by Gasteiger charge is -1.79. The third-order valence-corrected chi connectivity index (χ3v) is 0.464. The lowest BCUT2D eigenvalue weighted by molar-refractivity contribution is -0.137. The van der Waals surface area contributed by atoms with Gasteiger partial charge in [-0.05, 0) is 17.4 Å². The number of hydrogen-bond acceptors (Lipinski definition) is 1. The molecule has 3 heteroatoms. The molecule has 0 bridgehead atoms. The summed E-state index contributed by atoms with van der Waals surface area (Å²) in [6, 6.07) is 0. The molecule has 0 aromatic rings. The fourth-order valence-electron chi connectivity index (χ4n) is 0.214. The summed E-state index contributed by atoms with van der Waals surface area (Å²) < 4.78 is 0. The van der Waals surface area contributed by atoms with Crippen molar-refractivity contribution in [3.63, 3.8) is 0 Å². The summed E-state index contributed by atoms with van der Waals surface area (Å²) in [5, 5.41) is 7.91. The van der Waals surface area contributed by atoms with Crippen molar-refractivity contribution >= 4 is 16.9 Å². The van der Waals surface area contributed by atoms with Crippen LogP contribution < -0.4 is 0 Å². The zero-order chi connectivity index (χ0) is 4.99. The Bertz CT molecular complexity index is 53.7. The van der Waals surface area contributed by atoms with Crippen LogP contribution in [0, 0.1) is 0 Å². The normalized spacial score (nSPS) is 7.00. The molecule has 0 fully saturated rings. The number of aliphatic carboxylic acids is 1. The summed E-state index contributed by atoms with van der Waals surface area (Å²) in [7, 11) is 0. The van der Waals surface area contributed by atoms with Crippen LogP contribution in [0.2, 0.25) is 0 Å². The van der Waals surface area contributed by atoms with Crippen LogP contribution in [0.4, 0.5) is 0 Å². The second-order valence-corrected chi connectivity index (χ2v) is 1.14. The van der Waals surface area contributed by atoms with Crippen LogP contribution in [-0.2, 0) is 4.79 Å². The zero-order valence-electron chi connectivity index (χ0n) is 3.77. The SMILES string of the molecule is CCCC(=O)O.[SiH4]. The molecule has 2 nitrogen and oxygen atoms in total. The van der Waals surface area contributed by atoms with E-state index < -0.39 is 5.97 Å². The standard InChI is InChI=1S/C4H8O2.H4Si/c1-2-3-4(5)6;/h2-3H2,1H3,(H,5,6);1H4. The van der Waals surface area contributed by atoms with Gasteiger partial charge in [0.15, 0.2) is 0 Å². The highest BCUT2D eigenvalue weighted by molar-refractivity contribution is 5.75. The van der Waals surface area contributed by atoms with E-state index in [-0.39, 0.29) is 11.0 Å². The molecule has 0 saturated heterocycles. The largest absolute Gasteiger partial charge is 0.481 e. The summed E-state index contributed by atoms with van der Waals surface area (Å²) in [6.07, 6.45) is 1.02. The van der Waals surface area contributed by atoms with Crippen molar-refractivity contribution in [2.75, 3.05) is 0 Å². The van der Waals surface area contributed by atoms with Gasteiger partial charge in [-0.3, -0.25) is 4.79 Å². The molecule has 0 aromatic heterocycles. The van der Waals surface area contributed by atoms with Gasteiger partial charge in [0.2, 0.25) is 0 Å². The fourth-order valence-corrected chi connectivity index (χ4v) is 0.214. The average Bonchev–Trinajstić information content (AvgIpc) is 1.35. The molecule has 7 heavy (non-hydrogen) atoms.